The number of hydrogen-bond donors (Lipinski definition) is 0. The molecule has 0 aliphatic rings. The Labute approximate surface area is 79.3 Å². The number of hydrogen-bond acceptors (Lipinski definition) is 2. The number of allylic oxidation sites excluding steroid dienone is 2. The van der Waals surface area contributed by atoms with E-state index in [9.17, 15) is 9.59 Å². The van der Waals surface area contributed by atoms with Crippen LogP contribution in [0.4, 0.5) is 0 Å². The Morgan fingerprint density at radius 1 is 0.923 bits per heavy atom. The zero-order chi connectivity index (χ0) is 10.4. The molecule has 0 saturated heterocycles. The number of ketones is 2. The zero-order valence-corrected chi connectivity index (χ0v) is 8.35. The molecule has 0 atom stereocenters. The van der Waals surface area contributed by atoms with Crippen LogP contribution in [-0.2, 0) is 9.59 Å². The molecule has 0 amide bonds. The minimum absolute atomic E-state index is 0.0701. The quantitative estimate of drug-likeness (QED) is 0.464. The summed E-state index contributed by atoms with van der Waals surface area (Å²) in [4.78, 5) is 22.5. The lowest BCUT2D eigenvalue weighted by atomic mass is 10.0. The van der Waals surface area contributed by atoms with Gasteiger partial charge in [0.1, 0.15) is 0 Å². The van der Waals surface area contributed by atoms with Crippen molar-refractivity contribution in [1.82, 2.24) is 0 Å². The van der Waals surface area contributed by atoms with E-state index in [-0.39, 0.29) is 18.0 Å². The topological polar surface area (TPSA) is 34.1 Å². The number of carbonyl (C=O) groups is 2. The molecule has 0 aromatic carbocycles. The molecule has 2 heteroatoms. The molecule has 0 N–H and O–H groups in total. The second-order valence-electron chi connectivity index (χ2n) is 2.94. The minimum Gasteiger partial charge on any atom is -0.294 e. The molecule has 0 aromatic heterocycles. The lowest BCUT2D eigenvalue weighted by Gasteiger charge is -2.02. The summed E-state index contributed by atoms with van der Waals surface area (Å²) in [6.07, 6.45) is 1.13. The maximum atomic E-state index is 11.2. The van der Waals surface area contributed by atoms with Gasteiger partial charge in [0.05, 0.1) is 6.42 Å². The fraction of sp³-hybridized carbons (Fsp3) is 0.455. The Bertz CT molecular complexity index is 223. The lowest BCUT2D eigenvalue weighted by Crippen LogP contribution is -2.10. The van der Waals surface area contributed by atoms with E-state index in [4.69, 9.17) is 0 Å². The normalized spacial score (nSPS) is 9.38. The maximum absolute atomic E-state index is 11.2. The molecule has 0 aliphatic heterocycles. The molecule has 0 spiro atoms. The molecule has 0 bridgehead atoms. The van der Waals surface area contributed by atoms with Crippen LogP contribution in [0.2, 0.25) is 0 Å². The maximum Gasteiger partial charge on any atom is 0.165 e. The van der Waals surface area contributed by atoms with Gasteiger partial charge in [-0.3, -0.25) is 9.59 Å². The van der Waals surface area contributed by atoms with Gasteiger partial charge in [0.15, 0.2) is 11.6 Å². The van der Waals surface area contributed by atoms with Crippen LogP contribution < -0.4 is 0 Å². The van der Waals surface area contributed by atoms with Crippen molar-refractivity contribution in [2.45, 2.75) is 33.1 Å². The highest BCUT2D eigenvalue weighted by Crippen LogP contribution is 2.07. The van der Waals surface area contributed by atoms with Crippen LogP contribution >= 0.6 is 0 Å². The first-order valence-electron chi connectivity index (χ1n) is 4.44. The molecule has 0 aliphatic carbocycles. The van der Waals surface area contributed by atoms with E-state index in [1.165, 1.54) is 0 Å². The number of carbonyl (C=O) groups excluding carboxylic acids is 2. The first kappa shape index (κ1) is 11.8. The Morgan fingerprint density at radius 3 is 1.46 bits per heavy atom. The first-order chi connectivity index (χ1) is 6.02. The Kier molecular flexibility index (Phi) is 4.97. The minimum atomic E-state index is -0.165. The summed E-state index contributed by atoms with van der Waals surface area (Å²) < 4.78 is 0. The molecule has 0 unspecified atom stereocenters. The first-order valence-corrected chi connectivity index (χ1v) is 4.44. The smallest absolute Gasteiger partial charge is 0.165 e. The predicted octanol–water partition coefficient (Wildman–Crippen LogP) is 2.45. The van der Waals surface area contributed by atoms with Crippen LogP contribution in [0.3, 0.4) is 0 Å². The van der Waals surface area contributed by atoms with Crippen molar-refractivity contribution in [3.05, 3.63) is 24.3 Å². The second-order valence-corrected chi connectivity index (χ2v) is 2.94. The third-order valence-electron chi connectivity index (χ3n) is 1.96. The molecular weight excluding hydrogens is 164 g/mol. The molecule has 0 saturated carbocycles. The Morgan fingerprint density at radius 2 is 1.23 bits per heavy atom. The fourth-order valence-corrected chi connectivity index (χ4v) is 0.790. The van der Waals surface area contributed by atoms with Crippen LogP contribution in [-0.4, -0.2) is 11.6 Å². The van der Waals surface area contributed by atoms with Crippen LogP contribution in [0.25, 0.3) is 0 Å². The van der Waals surface area contributed by atoms with Crippen molar-refractivity contribution >= 4 is 11.6 Å². The van der Waals surface area contributed by atoms with Crippen molar-refractivity contribution in [1.29, 1.82) is 0 Å². The van der Waals surface area contributed by atoms with E-state index < -0.39 is 0 Å². The standard InChI is InChI=1S/C11H16O2/c1-5-8(3)10(12)7-11(13)9(4)6-2/h3-7H2,1-2H3. The molecular formula is C11H16O2. The highest BCUT2D eigenvalue weighted by atomic mass is 16.1. The van der Waals surface area contributed by atoms with Gasteiger partial charge in [-0.25, -0.2) is 0 Å². The van der Waals surface area contributed by atoms with Crippen LogP contribution in [0.15, 0.2) is 24.3 Å². The van der Waals surface area contributed by atoms with Gasteiger partial charge < -0.3 is 0 Å². The third kappa shape index (κ3) is 3.83. The van der Waals surface area contributed by atoms with Crippen molar-refractivity contribution in [3.63, 3.8) is 0 Å². The summed E-state index contributed by atoms with van der Waals surface area (Å²) in [7, 11) is 0. The highest BCUT2D eigenvalue weighted by Gasteiger charge is 2.12. The fourth-order valence-electron chi connectivity index (χ4n) is 0.790. The SMILES string of the molecule is C=C(CC)C(=O)CC(=O)C(=C)CC. The summed E-state index contributed by atoms with van der Waals surface area (Å²) in [6, 6.07) is 0. The van der Waals surface area contributed by atoms with Gasteiger partial charge in [-0.1, -0.05) is 27.0 Å². The van der Waals surface area contributed by atoms with Gasteiger partial charge in [-0.05, 0) is 24.0 Å². The molecule has 13 heavy (non-hydrogen) atoms. The average Bonchev–Trinajstić information content (AvgIpc) is 2.14. The lowest BCUT2D eigenvalue weighted by molar-refractivity contribution is -0.123. The Hall–Kier alpha value is -1.18. The summed E-state index contributed by atoms with van der Waals surface area (Å²) in [5.41, 5.74) is 1.02. The van der Waals surface area contributed by atoms with Gasteiger partial charge in [-0.2, -0.15) is 0 Å². The van der Waals surface area contributed by atoms with E-state index in [1.807, 2.05) is 13.8 Å². The van der Waals surface area contributed by atoms with Gasteiger partial charge in [0.25, 0.3) is 0 Å². The van der Waals surface area contributed by atoms with E-state index in [0.29, 0.717) is 24.0 Å². The Balaban J connectivity index is 4.15. The van der Waals surface area contributed by atoms with Gasteiger partial charge >= 0.3 is 0 Å². The van der Waals surface area contributed by atoms with Crippen LogP contribution in [0, 0.1) is 0 Å². The number of Topliss-reactive ketones (excluding diaryl/α,β-unsaturated/α-hetero) is 2. The zero-order valence-electron chi connectivity index (χ0n) is 8.35. The second kappa shape index (κ2) is 5.46. The summed E-state index contributed by atoms with van der Waals surface area (Å²) in [5.74, 6) is -0.329. The van der Waals surface area contributed by atoms with Gasteiger partial charge in [-0.15, -0.1) is 0 Å². The van der Waals surface area contributed by atoms with E-state index in [2.05, 4.69) is 13.2 Å². The molecule has 0 aromatic rings. The third-order valence-corrected chi connectivity index (χ3v) is 1.96. The van der Waals surface area contributed by atoms with Crippen molar-refractivity contribution in [3.8, 4) is 0 Å². The monoisotopic (exact) mass is 180 g/mol. The van der Waals surface area contributed by atoms with E-state index in [0.717, 1.165) is 0 Å². The summed E-state index contributed by atoms with van der Waals surface area (Å²) in [5, 5.41) is 0. The number of rotatable bonds is 6. The van der Waals surface area contributed by atoms with Gasteiger partial charge in [0, 0.05) is 0 Å². The molecule has 0 fully saturated rings. The molecule has 72 valence electrons. The van der Waals surface area contributed by atoms with Crippen molar-refractivity contribution < 1.29 is 9.59 Å². The molecule has 2 nitrogen and oxygen atoms in total. The molecule has 0 heterocycles. The highest BCUT2D eigenvalue weighted by molar-refractivity contribution is 6.12. The van der Waals surface area contributed by atoms with Crippen molar-refractivity contribution in [2.24, 2.45) is 0 Å². The van der Waals surface area contributed by atoms with Crippen molar-refractivity contribution in [2.75, 3.05) is 0 Å². The molecule has 0 radical (unpaired) electrons. The average molecular weight is 180 g/mol. The van der Waals surface area contributed by atoms with Gasteiger partial charge in [0.2, 0.25) is 0 Å². The predicted molar refractivity (Wildman–Crippen MR) is 53.5 cm³/mol. The summed E-state index contributed by atoms with van der Waals surface area (Å²) >= 11 is 0. The summed E-state index contributed by atoms with van der Waals surface area (Å²) in [6.45, 7) is 10.9. The van der Waals surface area contributed by atoms with E-state index >= 15 is 0 Å². The molecule has 0 rings (SSSR count). The largest absolute Gasteiger partial charge is 0.294 e. The van der Waals surface area contributed by atoms with Crippen LogP contribution in [0.5, 0.6) is 0 Å². The van der Waals surface area contributed by atoms with Crippen LogP contribution in [0.1, 0.15) is 33.1 Å². The van der Waals surface area contributed by atoms with E-state index in [1.54, 1.807) is 0 Å².